The van der Waals surface area contributed by atoms with Crippen molar-refractivity contribution in [2.24, 2.45) is 0 Å². The van der Waals surface area contributed by atoms with Crippen LogP contribution >= 0.6 is 0 Å². The summed E-state index contributed by atoms with van der Waals surface area (Å²) in [6, 6.07) is -0.0347. The van der Waals surface area contributed by atoms with Crippen LogP contribution < -0.4 is 10.6 Å². The third kappa shape index (κ3) is 2.12. The fourth-order valence-corrected chi connectivity index (χ4v) is 1.26. The summed E-state index contributed by atoms with van der Waals surface area (Å²) in [6.45, 7) is 2.56. The Morgan fingerprint density at radius 1 is 1.77 bits per heavy atom. The third-order valence-corrected chi connectivity index (χ3v) is 2.35. The van der Waals surface area contributed by atoms with Crippen LogP contribution in [0.1, 0.15) is 6.92 Å². The normalized spacial score (nSPS) is 34.2. The largest absolute Gasteiger partial charge is 0.395 e. The molecule has 0 amide bonds. The molecule has 5 heteroatoms. The standard InChI is InChI=1S/C8H14N2O3/c1-8(7(13)4-12)5-9-6(3-11)2-10-8/h4,6,9-11H,2-3,5H2,1H3. The molecule has 1 heterocycles. The van der Waals surface area contributed by atoms with Crippen molar-refractivity contribution in [3.05, 3.63) is 0 Å². The zero-order valence-corrected chi connectivity index (χ0v) is 7.54. The van der Waals surface area contributed by atoms with Crippen molar-refractivity contribution >= 4 is 12.1 Å². The molecule has 1 aliphatic rings. The lowest BCUT2D eigenvalue weighted by molar-refractivity contribution is -0.134. The van der Waals surface area contributed by atoms with Gasteiger partial charge in [-0.3, -0.25) is 9.59 Å². The molecule has 3 N–H and O–H groups in total. The van der Waals surface area contributed by atoms with Gasteiger partial charge in [0.2, 0.25) is 5.78 Å². The number of piperazine rings is 1. The topological polar surface area (TPSA) is 78.4 Å². The molecule has 0 aromatic rings. The van der Waals surface area contributed by atoms with E-state index >= 15 is 0 Å². The Hall–Kier alpha value is -0.780. The second kappa shape index (κ2) is 3.95. The van der Waals surface area contributed by atoms with Gasteiger partial charge in [0, 0.05) is 19.1 Å². The molecule has 0 spiro atoms. The Balaban J connectivity index is 2.56. The highest BCUT2D eigenvalue weighted by molar-refractivity contribution is 6.29. The van der Waals surface area contributed by atoms with Gasteiger partial charge in [0.15, 0.2) is 6.29 Å². The first-order chi connectivity index (χ1) is 6.12. The van der Waals surface area contributed by atoms with Crippen LogP contribution in [0.25, 0.3) is 0 Å². The second-order valence-electron chi connectivity index (χ2n) is 3.46. The highest BCUT2D eigenvalue weighted by Crippen LogP contribution is 2.07. The number of aliphatic hydroxyl groups excluding tert-OH is 1. The quantitative estimate of drug-likeness (QED) is 0.353. The predicted molar refractivity (Wildman–Crippen MR) is 46.4 cm³/mol. The SMILES string of the molecule is CC1(C(=O)C=O)CNC(CO)CN1. The van der Waals surface area contributed by atoms with Crippen molar-refractivity contribution in [3.63, 3.8) is 0 Å². The summed E-state index contributed by atoms with van der Waals surface area (Å²) >= 11 is 0. The Labute approximate surface area is 76.5 Å². The molecule has 0 aromatic heterocycles. The molecular formula is C8H14N2O3. The molecule has 74 valence electrons. The molecule has 2 unspecified atom stereocenters. The zero-order valence-electron chi connectivity index (χ0n) is 7.54. The van der Waals surface area contributed by atoms with Gasteiger partial charge >= 0.3 is 0 Å². The number of carbonyl (C=O) groups excluding carboxylic acids is 2. The van der Waals surface area contributed by atoms with Crippen LogP contribution in [0.4, 0.5) is 0 Å². The number of rotatable bonds is 3. The van der Waals surface area contributed by atoms with Crippen LogP contribution in [0, 0.1) is 0 Å². The van der Waals surface area contributed by atoms with Crippen molar-refractivity contribution in [1.29, 1.82) is 0 Å². The second-order valence-corrected chi connectivity index (χ2v) is 3.46. The van der Waals surface area contributed by atoms with Gasteiger partial charge in [0.25, 0.3) is 0 Å². The van der Waals surface area contributed by atoms with Gasteiger partial charge in [0.1, 0.15) is 0 Å². The van der Waals surface area contributed by atoms with E-state index in [0.29, 0.717) is 19.4 Å². The lowest BCUT2D eigenvalue weighted by Gasteiger charge is -2.36. The molecule has 0 aromatic carbocycles. The van der Waals surface area contributed by atoms with Crippen LogP contribution in [-0.2, 0) is 9.59 Å². The van der Waals surface area contributed by atoms with Crippen LogP contribution in [-0.4, -0.2) is 48.5 Å². The molecule has 1 rings (SSSR count). The van der Waals surface area contributed by atoms with Crippen molar-refractivity contribution in [2.45, 2.75) is 18.5 Å². The number of Topliss-reactive ketones (excluding diaryl/α,β-unsaturated/α-hetero) is 1. The molecule has 0 aliphatic carbocycles. The Bertz CT molecular complexity index is 209. The number of aldehydes is 1. The molecule has 1 fully saturated rings. The monoisotopic (exact) mass is 186 g/mol. The average Bonchev–Trinajstić information content (AvgIpc) is 2.18. The van der Waals surface area contributed by atoms with Gasteiger partial charge in [-0.15, -0.1) is 0 Å². The van der Waals surface area contributed by atoms with Crippen LogP contribution in [0.3, 0.4) is 0 Å². The van der Waals surface area contributed by atoms with E-state index in [2.05, 4.69) is 10.6 Å². The summed E-state index contributed by atoms with van der Waals surface area (Å²) in [5.41, 5.74) is -0.812. The van der Waals surface area contributed by atoms with Gasteiger partial charge in [-0.2, -0.15) is 0 Å². The van der Waals surface area contributed by atoms with Gasteiger partial charge in [0.05, 0.1) is 12.1 Å². The Morgan fingerprint density at radius 2 is 2.46 bits per heavy atom. The Kier molecular flexibility index (Phi) is 3.13. The third-order valence-electron chi connectivity index (χ3n) is 2.35. The van der Waals surface area contributed by atoms with E-state index in [1.807, 2.05) is 0 Å². The van der Waals surface area contributed by atoms with Crippen molar-refractivity contribution < 1.29 is 14.7 Å². The maximum atomic E-state index is 11.2. The number of carbonyl (C=O) groups is 2. The minimum absolute atomic E-state index is 0.0262. The van der Waals surface area contributed by atoms with Gasteiger partial charge in [-0.1, -0.05) is 0 Å². The van der Waals surface area contributed by atoms with Crippen molar-refractivity contribution in [1.82, 2.24) is 10.6 Å². The van der Waals surface area contributed by atoms with E-state index in [9.17, 15) is 9.59 Å². The summed E-state index contributed by atoms with van der Waals surface area (Å²) in [7, 11) is 0. The van der Waals surface area contributed by atoms with Crippen LogP contribution in [0.2, 0.25) is 0 Å². The molecular weight excluding hydrogens is 172 g/mol. The first-order valence-electron chi connectivity index (χ1n) is 4.21. The molecule has 13 heavy (non-hydrogen) atoms. The number of ketones is 1. The Morgan fingerprint density at radius 3 is 2.85 bits per heavy atom. The van der Waals surface area contributed by atoms with Crippen molar-refractivity contribution in [3.8, 4) is 0 Å². The fraction of sp³-hybridized carbons (Fsp3) is 0.750. The summed E-state index contributed by atoms with van der Waals surface area (Å²) in [6.07, 6.45) is 0.327. The molecule has 0 radical (unpaired) electrons. The van der Waals surface area contributed by atoms with E-state index in [1.165, 1.54) is 0 Å². The van der Waals surface area contributed by atoms with E-state index < -0.39 is 11.3 Å². The number of nitrogens with one attached hydrogen (secondary N) is 2. The minimum atomic E-state index is -0.812. The van der Waals surface area contributed by atoms with Crippen molar-refractivity contribution in [2.75, 3.05) is 19.7 Å². The fourth-order valence-electron chi connectivity index (χ4n) is 1.26. The summed E-state index contributed by atoms with van der Waals surface area (Å²) in [5.74, 6) is -0.462. The van der Waals surface area contributed by atoms with E-state index in [4.69, 9.17) is 5.11 Å². The summed E-state index contributed by atoms with van der Waals surface area (Å²) in [5, 5.41) is 14.7. The number of aliphatic hydroxyl groups is 1. The van der Waals surface area contributed by atoms with E-state index in [1.54, 1.807) is 6.92 Å². The molecule has 2 atom stereocenters. The van der Waals surface area contributed by atoms with Gasteiger partial charge < -0.3 is 15.7 Å². The molecule has 1 aliphatic heterocycles. The minimum Gasteiger partial charge on any atom is -0.395 e. The predicted octanol–water partition coefficient (Wildman–Crippen LogP) is -1.93. The molecule has 5 nitrogen and oxygen atoms in total. The summed E-state index contributed by atoms with van der Waals surface area (Å²) in [4.78, 5) is 21.4. The van der Waals surface area contributed by atoms with Crippen LogP contribution in [0.5, 0.6) is 0 Å². The van der Waals surface area contributed by atoms with E-state index in [0.717, 1.165) is 0 Å². The smallest absolute Gasteiger partial charge is 0.216 e. The maximum absolute atomic E-state index is 11.2. The average molecular weight is 186 g/mol. The first-order valence-corrected chi connectivity index (χ1v) is 4.21. The van der Waals surface area contributed by atoms with Gasteiger partial charge in [-0.25, -0.2) is 0 Å². The molecule has 0 bridgehead atoms. The lowest BCUT2D eigenvalue weighted by atomic mass is 9.94. The number of hydrogen-bond donors (Lipinski definition) is 3. The number of hydrogen-bond acceptors (Lipinski definition) is 5. The molecule has 0 saturated carbocycles. The van der Waals surface area contributed by atoms with Crippen LogP contribution in [0.15, 0.2) is 0 Å². The lowest BCUT2D eigenvalue weighted by Crippen LogP contribution is -2.66. The summed E-state index contributed by atoms with van der Waals surface area (Å²) < 4.78 is 0. The highest BCUT2D eigenvalue weighted by atomic mass is 16.3. The maximum Gasteiger partial charge on any atom is 0.216 e. The first kappa shape index (κ1) is 10.3. The molecule has 1 saturated heterocycles. The van der Waals surface area contributed by atoms with E-state index in [-0.39, 0.29) is 12.6 Å². The highest BCUT2D eigenvalue weighted by Gasteiger charge is 2.36. The van der Waals surface area contributed by atoms with Gasteiger partial charge in [-0.05, 0) is 6.92 Å². The zero-order chi connectivity index (χ0) is 9.90.